The molecular weight excluding hydrogens is 134 g/mol. The van der Waals surface area contributed by atoms with E-state index in [9.17, 15) is 9.59 Å². The predicted molar refractivity (Wildman–Crippen MR) is 33.9 cm³/mol. The lowest BCUT2D eigenvalue weighted by Crippen LogP contribution is -2.61. The van der Waals surface area contributed by atoms with E-state index in [-0.39, 0.29) is 18.0 Å². The van der Waals surface area contributed by atoms with Gasteiger partial charge in [0.25, 0.3) is 5.91 Å². The van der Waals surface area contributed by atoms with Crippen LogP contribution in [0.1, 0.15) is 6.92 Å². The van der Waals surface area contributed by atoms with Gasteiger partial charge in [-0.05, 0) is 6.92 Å². The average molecular weight is 143 g/mol. The van der Waals surface area contributed by atoms with Gasteiger partial charge >= 0.3 is 6.03 Å². The van der Waals surface area contributed by atoms with Crippen LogP contribution in [0, 0.1) is 0 Å². The van der Waals surface area contributed by atoms with Crippen molar-refractivity contribution in [2.75, 3.05) is 7.05 Å². The van der Waals surface area contributed by atoms with Gasteiger partial charge < -0.3 is 4.90 Å². The van der Waals surface area contributed by atoms with Crippen LogP contribution in [0.2, 0.25) is 0 Å². The molecule has 1 aliphatic rings. The first-order chi connectivity index (χ1) is 4.63. The van der Waals surface area contributed by atoms with E-state index in [4.69, 9.17) is 0 Å². The van der Waals surface area contributed by atoms with Crippen molar-refractivity contribution in [2.45, 2.75) is 13.0 Å². The number of nitrogens with one attached hydrogen (secondary N) is 2. The van der Waals surface area contributed by atoms with E-state index in [1.54, 1.807) is 14.0 Å². The Hall–Kier alpha value is -1.26. The third-order valence-corrected chi connectivity index (χ3v) is 1.57. The monoisotopic (exact) mass is 143 g/mol. The Kier molecular flexibility index (Phi) is 1.48. The van der Waals surface area contributed by atoms with Crippen LogP contribution >= 0.6 is 0 Å². The molecule has 56 valence electrons. The van der Waals surface area contributed by atoms with Gasteiger partial charge in [0.2, 0.25) is 0 Å². The number of hydrogen-bond acceptors (Lipinski definition) is 2. The van der Waals surface area contributed by atoms with Gasteiger partial charge in [-0.25, -0.2) is 10.2 Å². The molecule has 1 unspecified atom stereocenters. The molecule has 2 N–H and O–H groups in total. The summed E-state index contributed by atoms with van der Waals surface area (Å²) in [5.74, 6) is -0.192. The summed E-state index contributed by atoms with van der Waals surface area (Å²) in [6, 6.07) is -0.666. The van der Waals surface area contributed by atoms with Crippen LogP contribution in [0.15, 0.2) is 0 Å². The highest BCUT2D eigenvalue weighted by Gasteiger charge is 2.27. The molecule has 3 amide bonds. The summed E-state index contributed by atoms with van der Waals surface area (Å²) >= 11 is 0. The van der Waals surface area contributed by atoms with Crippen LogP contribution in [0.25, 0.3) is 0 Å². The second-order valence-corrected chi connectivity index (χ2v) is 2.21. The summed E-state index contributed by atoms with van der Waals surface area (Å²) in [5, 5.41) is 0. The molecule has 1 saturated heterocycles. The topological polar surface area (TPSA) is 61.4 Å². The Morgan fingerprint density at radius 3 is 2.50 bits per heavy atom. The highest BCUT2D eigenvalue weighted by atomic mass is 16.2. The molecule has 0 saturated carbocycles. The number of nitrogens with zero attached hydrogens (tertiary/aromatic N) is 1. The lowest BCUT2D eigenvalue weighted by atomic mass is 10.3. The molecule has 0 radical (unpaired) electrons. The molecule has 0 bridgehead atoms. The third kappa shape index (κ3) is 0.896. The van der Waals surface area contributed by atoms with E-state index in [0.717, 1.165) is 0 Å². The highest BCUT2D eigenvalue weighted by Crippen LogP contribution is 1.98. The molecule has 1 fully saturated rings. The lowest BCUT2D eigenvalue weighted by molar-refractivity contribution is -0.127. The van der Waals surface area contributed by atoms with Crippen LogP contribution in [-0.4, -0.2) is 29.9 Å². The zero-order valence-corrected chi connectivity index (χ0v) is 5.84. The van der Waals surface area contributed by atoms with Gasteiger partial charge in [-0.2, -0.15) is 0 Å². The van der Waals surface area contributed by atoms with Gasteiger partial charge in [0.15, 0.2) is 0 Å². The fourth-order valence-corrected chi connectivity index (χ4v) is 0.659. The zero-order valence-electron chi connectivity index (χ0n) is 5.84. The number of carbonyl (C=O) groups excluding carboxylic acids is 2. The molecule has 5 heteroatoms. The lowest BCUT2D eigenvalue weighted by Gasteiger charge is -2.29. The Morgan fingerprint density at radius 2 is 2.00 bits per heavy atom. The van der Waals surface area contributed by atoms with Crippen molar-refractivity contribution in [2.24, 2.45) is 0 Å². The zero-order chi connectivity index (χ0) is 7.72. The molecule has 10 heavy (non-hydrogen) atoms. The normalized spacial score (nSPS) is 25.8. The van der Waals surface area contributed by atoms with Gasteiger partial charge in [0.1, 0.15) is 6.04 Å². The number of hydrogen-bond donors (Lipinski definition) is 2. The van der Waals surface area contributed by atoms with Crippen LogP contribution in [0.4, 0.5) is 4.79 Å². The minimum absolute atomic E-state index is 0.192. The number of likely N-dealkylation sites (N-methyl/N-ethyl adjacent to an activating group) is 1. The van der Waals surface area contributed by atoms with Crippen LogP contribution in [-0.2, 0) is 4.79 Å². The molecule has 1 aliphatic heterocycles. The number of amides is 3. The second kappa shape index (κ2) is 2.17. The number of carbonyl (C=O) groups is 2. The first-order valence-electron chi connectivity index (χ1n) is 2.95. The average Bonchev–Trinajstić information content (AvgIpc) is 1.93. The van der Waals surface area contributed by atoms with Crippen molar-refractivity contribution in [3.05, 3.63) is 0 Å². The van der Waals surface area contributed by atoms with E-state index in [2.05, 4.69) is 10.9 Å². The minimum atomic E-state index is -0.381. The number of hydrazine groups is 1. The van der Waals surface area contributed by atoms with Crippen LogP contribution in [0.5, 0.6) is 0 Å². The van der Waals surface area contributed by atoms with Crippen molar-refractivity contribution >= 4 is 11.9 Å². The summed E-state index contributed by atoms with van der Waals surface area (Å²) in [5.41, 5.74) is 4.43. The molecule has 0 aromatic rings. The molecule has 0 aromatic heterocycles. The van der Waals surface area contributed by atoms with Gasteiger partial charge in [-0.3, -0.25) is 10.2 Å². The maximum Gasteiger partial charge on any atom is 0.336 e. The maximum atomic E-state index is 10.8. The highest BCUT2D eigenvalue weighted by molar-refractivity contribution is 5.91. The van der Waals surface area contributed by atoms with Crippen molar-refractivity contribution in [3.63, 3.8) is 0 Å². The molecule has 5 nitrogen and oxygen atoms in total. The minimum Gasteiger partial charge on any atom is -0.315 e. The van der Waals surface area contributed by atoms with Gasteiger partial charge in [0, 0.05) is 7.05 Å². The van der Waals surface area contributed by atoms with Crippen molar-refractivity contribution in [3.8, 4) is 0 Å². The SMILES string of the molecule is CC1C(=O)NNC(=O)N1C. The molecule has 1 rings (SSSR count). The van der Waals surface area contributed by atoms with E-state index in [1.165, 1.54) is 4.90 Å². The molecule has 0 spiro atoms. The van der Waals surface area contributed by atoms with E-state index in [1.807, 2.05) is 0 Å². The van der Waals surface area contributed by atoms with Crippen molar-refractivity contribution in [1.82, 2.24) is 15.8 Å². The summed E-state index contributed by atoms with van der Waals surface area (Å²) in [4.78, 5) is 22.9. The van der Waals surface area contributed by atoms with E-state index in [0.29, 0.717) is 0 Å². The van der Waals surface area contributed by atoms with Gasteiger partial charge in [-0.1, -0.05) is 0 Å². The molecule has 1 atom stereocenters. The summed E-state index contributed by atoms with van der Waals surface area (Å²) in [7, 11) is 1.57. The van der Waals surface area contributed by atoms with E-state index < -0.39 is 0 Å². The Balaban J connectivity index is 2.69. The molecule has 0 aliphatic carbocycles. The van der Waals surface area contributed by atoms with Gasteiger partial charge in [-0.15, -0.1) is 0 Å². The molecule has 0 aromatic carbocycles. The number of rotatable bonds is 0. The quantitative estimate of drug-likeness (QED) is 0.459. The Labute approximate surface area is 58.3 Å². The third-order valence-electron chi connectivity index (χ3n) is 1.57. The first kappa shape index (κ1) is 6.85. The smallest absolute Gasteiger partial charge is 0.315 e. The summed E-state index contributed by atoms with van der Waals surface area (Å²) < 4.78 is 0. The fraction of sp³-hybridized carbons (Fsp3) is 0.600. The largest absolute Gasteiger partial charge is 0.336 e. The van der Waals surface area contributed by atoms with E-state index >= 15 is 0 Å². The summed E-state index contributed by atoms with van der Waals surface area (Å²) in [6.45, 7) is 1.66. The summed E-state index contributed by atoms with van der Waals surface area (Å²) in [6.07, 6.45) is 0. The standard InChI is InChI=1S/C5H9N3O2/c1-3-4(9)6-7-5(10)8(3)2/h3H,1-2H3,(H,6,9)(H,7,10). The molecular formula is C5H9N3O2. The van der Waals surface area contributed by atoms with Crippen molar-refractivity contribution < 1.29 is 9.59 Å². The molecule has 1 heterocycles. The second-order valence-electron chi connectivity index (χ2n) is 2.21. The predicted octanol–water partition coefficient (Wildman–Crippen LogP) is -0.939. The Bertz CT molecular complexity index is 160. The fourth-order valence-electron chi connectivity index (χ4n) is 0.659. The first-order valence-corrected chi connectivity index (χ1v) is 2.95. The van der Waals surface area contributed by atoms with Crippen LogP contribution < -0.4 is 10.9 Å². The van der Waals surface area contributed by atoms with Crippen LogP contribution in [0.3, 0.4) is 0 Å². The Morgan fingerprint density at radius 1 is 1.40 bits per heavy atom. The van der Waals surface area contributed by atoms with Crippen molar-refractivity contribution in [1.29, 1.82) is 0 Å². The maximum absolute atomic E-state index is 10.8. The van der Waals surface area contributed by atoms with Gasteiger partial charge in [0.05, 0.1) is 0 Å². The number of urea groups is 1.